The van der Waals surface area contributed by atoms with Crippen LogP contribution in [0.3, 0.4) is 0 Å². The monoisotopic (exact) mass is 931 g/mol. The zero-order valence-electron chi connectivity index (χ0n) is 40.4. The zero-order chi connectivity index (χ0) is 46.9. The topological polar surface area (TPSA) is 186 Å². The Kier molecular flexibility index (Phi) is 38.8. The molecule has 2 unspecified atom stereocenters. The normalized spacial score (nSPS) is 19.8. The highest BCUT2D eigenvalue weighted by atomic mass is 32.2. The van der Waals surface area contributed by atoms with Crippen LogP contribution in [0.25, 0.3) is 0 Å². The summed E-state index contributed by atoms with van der Waals surface area (Å²) in [5, 5.41) is 30.9. The molecule has 0 aromatic heterocycles. The largest absolute Gasteiger partial charge is 0.462 e. The van der Waals surface area contributed by atoms with Gasteiger partial charge in [0.2, 0.25) is 0 Å². The molecule has 1 rings (SSSR count). The number of rotatable bonds is 44. The SMILES string of the molecule is CCCCCC/C=C/CCCCCCCC(=O)OC[C@H](CO[C@H]1O[C@H](CS(=O)(=O)O)[C@@H](O)C(O)C1O)OC(=O)CCC/C=C/CCCCCCCCCCCCCCCCCCCC. The highest BCUT2D eigenvalue weighted by Gasteiger charge is 2.46. The first-order valence-electron chi connectivity index (χ1n) is 25.9. The fourth-order valence-corrected chi connectivity index (χ4v) is 8.66. The van der Waals surface area contributed by atoms with Crippen molar-refractivity contribution in [2.75, 3.05) is 19.0 Å². The highest BCUT2D eigenvalue weighted by molar-refractivity contribution is 7.85. The molecule has 13 heteroatoms. The molecule has 0 aromatic carbocycles. The van der Waals surface area contributed by atoms with Gasteiger partial charge in [-0.15, -0.1) is 0 Å². The number of aliphatic hydroxyl groups excluding tert-OH is 3. The van der Waals surface area contributed by atoms with Crippen LogP contribution >= 0.6 is 0 Å². The van der Waals surface area contributed by atoms with Gasteiger partial charge >= 0.3 is 11.9 Å². The molecule has 0 saturated carbocycles. The molecule has 1 saturated heterocycles. The molecule has 4 N–H and O–H groups in total. The Labute approximate surface area is 389 Å². The van der Waals surface area contributed by atoms with Crippen molar-refractivity contribution in [1.29, 1.82) is 0 Å². The molecule has 1 fully saturated rings. The van der Waals surface area contributed by atoms with E-state index in [0.717, 1.165) is 51.4 Å². The molecule has 0 bridgehead atoms. The molecule has 0 aliphatic carbocycles. The van der Waals surface area contributed by atoms with E-state index < -0.39 is 71.2 Å². The molecule has 12 nitrogen and oxygen atoms in total. The van der Waals surface area contributed by atoms with Crippen molar-refractivity contribution in [1.82, 2.24) is 0 Å². The molecule has 0 amide bonds. The van der Waals surface area contributed by atoms with Crippen LogP contribution < -0.4 is 0 Å². The number of hydrogen-bond acceptors (Lipinski definition) is 11. The first-order chi connectivity index (χ1) is 31.0. The van der Waals surface area contributed by atoms with E-state index in [9.17, 15) is 37.9 Å². The molecular weight excluding hydrogens is 837 g/mol. The van der Waals surface area contributed by atoms with Crippen molar-refractivity contribution in [3.05, 3.63) is 24.3 Å². The molecule has 1 aliphatic heterocycles. The third-order valence-electron chi connectivity index (χ3n) is 12.0. The lowest BCUT2D eigenvalue weighted by Crippen LogP contribution is -2.60. The molecule has 64 heavy (non-hydrogen) atoms. The van der Waals surface area contributed by atoms with Crippen LogP contribution in [0, 0.1) is 0 Å². The van der Waals surface area contributed by atoms with Crippen molar-refractivity contribution >= 4 is 22.1 Å². The number of allylic oxidation sites excluding steroid dienone is 4. The molecular formula is C51H94O12S. The number of carbonyl (C=O) groups is 2. The molecule has 1 aliphatic rings. The second kappa shape index (κ2) is 41.3. The maximum atomic E-state index is 12.8. The van der Waals surface area contributed by atoms with Gasteiger partial charge in [0.05, 0.1) is 6.61 Å². The van der Waals surface area contributed by atoms with Crippen molar-refractivity contribution in [3.8, 4) is 0 Å². The van der Waals surface area contributed by atoms with Crippen LogP contribution in [0.2, 0.25) is 0 Å². The van der Waals surface area contributed by atoms with E-state index in [1.165, 1.54) is 135 Å². The van der Waals surface area contributed by atoms with Crippen molar-refractivity contribution < 1.29 is 56.8 Å². The average Bonchev–Trinajstić information content (AvgIpc) is 3.26. The van der Waals surface area contributed by atoms with E-state index in [1.54, 1.807) is 0 Å². The van der Waals surface area contributed by atoms with Gasteiger partial charge in [0.1, 0.15) is 36.8 Å². The third-order valence-corrected chi connectivity index (χ3v) is 12.8. The summed E-state index contributed by atoms with van der Waals surface area (Å²) in [5.41, 5.74) is 0. The minimum atomic E-state index is -4.61. The smallest absolute Gasteiger partial charge is 0.306 e. The molecule has 6 atom stereocenters. The maximum absolute atomic E-state index is 12.8. The number of unbranched alkanes of at least 4 members (excludes halogenated alkanes) is 28. The average molecular weight is 931 g/mol. The summed E-state index contributed by atoms with van der Waals surface area (Å²) in [5.74, 6) is -2.02. The predicted molar refractivity (Wildman–Crippen MR) is 256 cm³/mol. The van der Waals surface area contributed by atoms with Gasteiger partial charge in [0, 0.05) is 12.8 Å². The van der Waals surface area contributed by atoms with Crippen molar-refractivity contribution in [2.45, 2.75) is 269 Å². The van der Waals surface area contributed by atoms with Gasteiger partial charge in [-0.1, -0.05) is 186 Å². The van der Waals surface area contributed by atoms with Crippen LogP contribution in [-0.4, -0.2) is 96.0 Å². The summed E-state index contributed by atoms with van der Waals surface area (Å²) in [6.07, 6.45) is 38.1. The summed E-state index contributed by atoms with van der Waals surface area (Å²) in [7, 11) is -4.61. The number of ether oxygens (including phenoxy) is 4. The van der Waals surface area contributed by atoms with Crippen LogP contribution in [-0.2, 0) is 38.7 Å². The fourth-order valence-electron chi connectivity index (χ4n) is 7.97. The minimum absolute atomic E-state index is 0.118. The van der Waals surface area contributed by atoms with E-state index in [0.29, 0.717) is 19.3 Å². The highest BCUT2D eigenvalue weighted by Crippen LogP contribution is 2.24. The predicted octanol–water partition coefficient (Wildman–Crippen LogP) is 11.6. The van der Waals surface area contributed by atoms with Crippen LogP contribution in [0.4, 0.5) is 0 Å². The van der Waals surface area contributed by atoms with E-state index in [-0.39, 0.29) is 19.4 Å². The number of carbonyl (C=O) groups excluding carboxylic acids is 2. The lowest BCUT2D eigenvalue weighted by atomic mass is 10.00. The number of hydrogen-bond donors (Lipinski definition) is 4. The van der Waals surface area contributed by atoms with Gasteiger partial charge < -0.3 is 34.3 Å². The lowest BCUT2D eigenvalue weighted by Gasteiger charge is -2.40. The van der Waals surface area contributed by atoms with Crippen LogP contribution in [0.1, 0.15) is 232 Å². The molecule has 1 heterocycles. The van der Waals surface area contributed by atoms with E-state index in [1.807, 2.05) is 0 Å². The van der Waals surface area contributed by atoms with E-state index >= 15 is 0 Å². The Morgan fingerprint density at radius 1 is 0.516 bits per heavy atom. The van der Waals surface area contributed by atoms with Crippen molar-refractivity contribution in [3.63, 3.8) is 0 Å². The summed E-state index contributed by atoms with van der Waals surface area (Å²) < 4.78 is 54.1. The lowest BCUT2D eigenvalue weighted by molar-refractivity contribution is -0.297. The minimum Gasteiger partial charge on any atom is -0.462 e. The van der Waals surface area contributed by atoms with Gasteiger partial charge in [-0.25, -0.2) is 0 Å². The third kappa shape index (κ3) is 35.3. The molecule has 0 spiro atoms. The Hall–Kier alpha value is -1.87. The number of esters is 2. The summed E-state index contributed by atoms with van der Waals surface area (Å²) in [6.45, 7) is 3.74. The zero-order valence-corrected chi connectivity index (χ0v) is 41.2. The quantitative estimate of drug-likeness (QED) is 0.0196. The first-order valence-corrected chi connectivity index (χ1v) is 27.5. The summed E-state index contributed by atoms with van der Waals surface area (Å²) in [6, 6.07) is 0. The van der Waals surface area contributed by atoms with E-state index in [2.05, 4.69) is 38.2 Å². The van der Waals surface area contributed by atoms with E-state index in [4.69, 9.17) is 18.9 Å². The second-order valence-corrected chi connectivity index (χ2v) is 19.7. The summed E-state index contributed by atoms with van der Waals surface area (Å²) in [4.78, 5) is 25.5. The molecule has 376 valence electrons. The Morgan fingerprint density at radius 2 is 0.906 bits per heavy atom. The fraction of sp³-hybridized carbons (Fsp3) is 0.882. The molecule has 0 aromatic rings. The van der Waals surface area contributed by atoms with Gasteiger partial charge in [0.25, 0.3) is 10.1 Å². The Balaban J connectivity index is 2.35. The van der Waals surface area contributed by atoms with Gasteiger partial charge in [-0.05, 0) is 57.8 Å². The van der Waals surface area contributed by atoms with Gasteiger partial charge in [0.15, 0.2) is 12.4 Å². The standard InChI is InChI=1S/C51H94O12S/c1-3-5-7-9-11-13-15-17-18-19-20-21-22-23-24-25-26-28-30-32-34-36-38-40-47(53)62-44(42-61-51-50(56)49(55)48(54)45(63-51)43-64(57,58)59)41-60-46(52)39-37-35-33-31-29-27-16-14-12-10-8-6-4-2/h14,16,32,34,44-45,48-51,54-56H,3-13,15,17-31,33,35-43H2,1-2H3,(H,57,58,59)/b16-14+,34-32+/t44-,45-,48-,49?,50?,51+/m1/s1. The van der Waals surface area contributed by atoms with Crippen LogP contribution in [0.15, 0.2) is 24.3 Å². The maximum Gasteiger partial charge on any atom is 0.306 e. The summed E-state index contributed by atoms with van der Waals surface area (Å²) >= 11 is 0. The van der Waals surface area contributed by atoms with Crippen LogP contribution in [0.5, 0.6) is 0 Å². The first kappa shape index (κ1) is 60.1. The van der Waals surface area contributed by atoms with Crippen molar-refractivity contribution in [2.24, 2.45) is 0 Å². The Bertz CT molecular complexity index is 1270. The molecule has 0 radical (unpaired) electrons. The second-order valence-electron chi connectivity index (χ2n) is 18.2. The van der Waals surface area contributed by atoms with Gasteiger partial charge in [-0.2, -0.15) is 8.42 Å². The van der Waals surface area contributed by atoms with Gasteiger partial charge in [-0.3, -0.25) is 14.1 Å². The Morgan fingerprint density at radius 3 is 1.36 bits per heavy atom. The number of aliphatic hydroxyl groups is 3.